The second-order valence-corrected chi connectivity index (χ2v) is 9.04. The van der Waals surface area contributed by atoms with Crippen molar-refractivity contribution in [3.05, 3.63) is 69.8 Å². The van der Waals surface area contributed by atoms with Crippen molar-refractivity contribution in [2.45, 2.75) is 54.4 Å². The van der Waals surface area contributed by atoms with Gasteiger partial charge in [0.15, 0.2) is 5.82 Å². The fourth-order valence-corrected chi connectivity index (χ4v) is 4.35. The van der Waals surface area contributed by atoms with Crippen LogP contribution in [-0.4, -0.2) is 40.8 Å². The average Bonchev–Trinajstić information content (AvgIpc) is 3.19. The first-order chi connectivity index (χ1) is 17.4. The molecule has 0 radical (unpaired) electrons. The van der Waals surface area contributed by atoms with Gasteiger partial charge in [0.25, 0.3) is 5.56 Å². The van der Waals surface area contributed by atoms with Crippen LogP contribution < -0.4 is 15.2 Å². The molecule has 7 heteroatoms. The molecule has 1 aliphatic heterocycles. The van der Waals surface area contributed by atoms with E-state index in [1.54, 1.807) is 6.92 Å². The molecule has 0 bridgehead atoms. The molecule has 36 heavy (non-hydrogen) atoms. The fourth-order valence-electron chi connectivity index (χ4n) is 4.35. The topological polar surface area (TPSA) is 72.1 Å². The van der Waals surface area contributed by atoms with Crippen LogP contribution in [-0.2, 0) is 0 Å². The summed E-state index contributed by atoms with van der Waals surface area (Å²) in [6.45, 7) is 14.7. The predicted octanol–water partition coefficient (Wildman–Crippen LogP) is 5.91. The van der Waals surface area contributed by atoms with Gasteiger partial charge in [0.05, 0.1) is 23.7 Å². The van der Waals surface area contributed by atoms with Gasteiger partial charge in [-0.3, -0.25) is 4.79 Å². The zero-order chi connectivity index (χ0) is 25.8. The second-order valence-electron chi connectivity index (χ2n) is 9.04. The Morgan fingerprint density at radius 3 is 2.50 bits per heavy atom. The van der Waals surface area contributed by atoms with Gasteiger partial charge < -0.3 is 9.64 Å². The van der Waals surface area contributed by atoms with E-state index in [-0.39, 0.29) is 5.56 Å². The first-order valence-corrected chi connectivity index (χ1v) is 12.7. The highest BCUT2D eigenvalue weighted by molar-refractivity contribution is 6.48. The van der Waals surface area contributed by atoms with Crippen LogP contribution in [0.3, 0.4) is 0 Å². The van der Waals surface area contributed by atoms with Gasteiger partial charge in [0.2, 0.25) is 0 Å². The van der Waals surface area contributed by atoms with Crippen molar-refractivity contribution in [3.63, 3.8) is 0 Å². The van der Waals surface area contributed by atoms with E-state index < -0.39 is 0 Å². The summed E-state index contributed by atoms with van der Waals surface area (Å²) in [5, 5.41) is 4.49. The number of hydrogen-bond donors (Lipinski definition) is 0. The summed E-state index contributed by atoms with van der Waals surface area (Å²) in [6, 6.07) is 14.0. The van der Waals surface area contributed by atoms with Gasteiger partial charge in [0.1, 0.15) is 11.5 Å². The van der Waals surface area contributed by atoms with Crippen molar-refractivity contribution in [3.8, 4) is 17.0 Å². The number of aromatic nitrogens is 2. The van der Waals surface area contributed by atoms with Gasteiger partial charge in [-0.15, -0.1) is 0 Å². The van der Waals surface area contributed by atoms with Gasteiger partial charge in [-0.05, 0) is 76.9 Å². The van der Waals surface area contributed by atoms with Gasteiger partial charge in [-0.1, -0.05) is 25.5 Å². The normalized spacial score (nSPS) is 13.6. The van der Waals surface area contributed by atoms with Crippen molar-refractivity contribution >= 4 is 22.8 Å². The molecule has 0 atom stereocenters. The summed E-state index contributed by atoms with van der Waals surface area (Å²) >= 11 is 0. The maximum atomic E-state index is 13.3. The molecule has 1 aromatic heterocycles. The molecule has 0 unspecified atom stereocenters. The van der Waals surface area contributed by atoms with Gasteiger partial charge in [-0.25, -0.2) is 9.98 Å². The van der Waals surface area contributed by atoms with Crippen LogP contribution in [0.1, 0.15) is 57.5 Å². The minimum atomic E-state index is -0.189. The minimum absolute atomic E-state index is 0.189. The first kappa shape index (κ1) is 25.4. The smallest absolute Gasteiger partial charge is 0.278 e. The van der Waals surface area contributed by atoms with E-state index in [1.165, 1.54) is 10.4 Å². The molecule has 7 nitrogen and oxygen atoms in total. The number of benzene rings is 2. The third-order valence-electron chi connectivity index (χ3n) is 6.51. The summed E-state index contributed by atoms with van der Waals surface area (Å²) in [6.07, 6.45) is 2.06. The number of aryl methyl sites for hydroxylation is 1. The van der Waals surface area contributed by atoms with Crippen molar-refractivity contribution < 1.29 is 4.74 Å². The Balaban J connectivity index is 1.76. The van der Waals surface area contributed by atoms with Gasteiger partial charge >= 0.3 is 0 Å². The molecule has 2 aromatic carbocycles. The molecule has 4 rings (SSSR count). The summed E-state index contributed by atoms with van der Waals surface area (Å²) in [5.41, 5.74) is 6.17. The number of fused-ring (bicyclic) bond motifs is 1. The summed E-state index contributed by atoms with van der Waals surface area (Å²) < 4.78 is 7.25. The molecule has 0 fully saturated rings. The van der Waals surface area contributed by atoms with E-state index in [2.05, 4.69) is 49.8 Å². The van der Waals surface area contributed by atoms with Crippen LogP contribution in [0.4, 0.5) is 11.4 Å². The molecule has 0 aliphatic carbocycles. The Morgan fingerprint density at radius 2 is 1.81 bits per heavy atom. The highest BCUT2D eigenvalue weighted by atomic mass is 16.5. The van der Waals surface area contributed by atoms with Crippen LogP contribution in [0.2, 0.25) is 0 Å². The number of aliphatic imine (C=N–C) groups is 1. The molecule has 0 saturated carbocycles. The second kappa shape index (κ2) is 10.9. The van der Waals surface area contributed by atoms with E-state index in [1.807, 2.05) is 37.3 Å². The molecule has 1 aliphatic rings. The van der Waals surface area contributed by atoms with Crippen molar-refractivity contribution in [1.29, 1.82) is 0 Å². The number of unbranched alkanes of at least 4 members (excludes halogenated alkanes) is 1. The van der Waals surface area contributed by atoms with E-state index in [0.29, 0.717) is 35.1 Å². The number of nitrogens with zero attached hydrogens (tertiary/aromatic N) is 5. The Kier molecular flexibility index (Phi) is 7.67. The lowest BCUT2D eigenvalue weighted by molar-refractivity contribution is 0.309. The Hall–Kier alpha value is -3.74. The quantitative estimate of drug-likeness (QED) is 0.353. The molecule has 0 spiro atoms. The molecule has 0 saturated heterocycles. The van der Waals surface area contributed by atoms with Crippen molar-refractivity contribution in [1.82, 2.24) is 9.66 Å². The zero-order valence-electron chi connectivity index (χ0n) is 22.1. The molecule has 0 amide bonds. The molecule has 2 heterocycles. The van der Waals surface area contributed by atoms with E-state index in [4.69, 9.17) is 14.7 Å². The van der Waals surface area contributed by atoms with Crippen LogP contribution in [0, 0.1) is 13.8 Å². The van der Waals surface area contributed by atoms with Gasteiger partial charge in [-0.2, -0.15) is 9.78 Å². The molecule has 3 aromatic rings. The van der Waals surface area contributed by atoms with E-state index in [9.17, 15) is 4.79 Å². The maximum absolute atomic E-state index is 13.3. The predicted molar refractivity (Wildman–Crippen MR) is 149 cm³/mol. The summed E-state index contributed by atoms with van der Waals surface area (Å²) in [4.78, 5) is 25.4. The molecule has 188 valence electrons. The highest BCUT2D eigenvalue weighted by Crippen LogP contribution is 2.28. The highest BCUT2D eigenvalue weighted by Gasteiger charge is 2.26. The number of anilines is 1. The Labute approximate surface area is 213 Å². The Morgan fingerprint density at radius 1 is 1.03 bits per heavy atom. The maximum Gasteiger partial charge on any atom is 0.278 e. The van der Waals surface area contributed by atoms with Gasteiger partial charge in [0, 0.05) is 29.9 Å². The SMILES string of the molecule is CCCCOc1cccc(-c2nc3n(c(=O)c2C)N=C(C)C3=Nc2ccc(N(CC)CC)cc2C)c1. The number of hydrogen-bond acceptors (Lipinski definition) is 6. The lowest BCUT2D eigenvalue weighted by Gasteiger charge is -2.21. The van der Waals surface area contributed by atoms with E-state index in [0.717, 1.165) is 48.5 Å². The van der Waals surface area contributed by atoms with Crippen LogP contribution in [0.25, 0.3) is 11.3 Å². The molecule has 0 N–H and O–H groups in total. The van der Waals surface area contributed by atoms with Crippen LogP contribution in [0.15, 0.2) is 57.4 Å². The van der Waals surface area contributed by atoms with Crippen LogP contribution in [0.5, 0.6) is 5.75 Å². The van der Waals surface area contributed by atoms with Crippen molar-refractivity contribution in [2.75, 3.05) is 24.6 Å². The summed E-state index contributed by atoms with van der Waals surface area (Å²) in [5.74, 6) is 1.23. The zero-order valence-corrected chi connectivity index (χ0v) is 22.1. The first-order valence-electron chi connectivity index (χ1n) is 12.7. The standard InChI is InChI=1S/C29H35N5O2/c1-7-10-16-36-24-13-11-12-22(18-24)26-20(5)29(35)34-28(31-26)27(21(6)32-34)30-25-15-14-23(17-19(25)4)33(8-2)9-3/h11-15,17-18H,7-10,16H2,1-6H3. The lowest BCUT2D eigenvalue weighted by atomic mass is 10.1. The fraction of sp³-hybridized carbons (Fsp3) is 0.379. The van der Waals surface area contributed by atoms with E-state index >= 15 is 0 Å². The number of rotatable bonds is 9. The average molecular weight is 486 g/mol. The summed E-state index contributed by atoms with van der Waals surface area (Å²) in [7, 11) is 0. The Bertz CT molecular complexity index is 1380. The monoisotopic (exact) mass is 485 g/mol. The van der Waals surface area contributed by atoms with Crippen molar-refractivity contribution in [2.24, 2.45) is 10.1 Å². The van der Waals surface area contributed by atoms with Crippen LogP contribution >= 0.6 is 0 Å². The minimum Gasteiger partial charge on any atom is -0.494 e. The molecular formula is C29H35N5O2. The third-order valence-corrected chi connectivity index (χ3v) is 6.51. The largest absolute Gasteiger partial charge is 0.494 e. The number of ether oxygens (including phenoxy) is 1. The lowest BCUT2D eigenvalue weighted by Crippen LogP contribution is -2.24. The molecular weight excluding hydrogens is 450 g/mol. The third kappa shape index (κ3) is 4.96.